The van der Waals surface area contributed by atoms with Gasteiger partial charge in [0.25, 0.3) is 0 Å². The number of thioether (sulfide) groups is 1. The summed E-state index contributed by atoms with van der Waals surface area (Å²) in [6, 6.07) is 0.171. The molecule has 0 amide bonds. The minimum atomic E-state index is 0.171. The summed E-state index contributed by atoms with van der Waals surface area (Å²) in [5.41, 5.74) is 0. The predicted molar refractivity (Wildman–Crippen MR) is 39.0 cm³/mol. The highest BCUT2D eigenvalue weighted by atomic mass is 32.2. The van der Waals surface area contributed by atoms with Gasteiger partial charge in [-0.15, -0.1) is 0 Å². The van der Waals surface area contributed by atoms with Crippen molar-refractivity contribution in [1.29, 1.82) is 0 Å². The molecule has 0 fully saturated rings. The van der Waals surface area contributed by atoms with Crippen LogP contribution in [0.2, 0.25) is 0 Å². The van der Waals surface area contributed by atoms with Crippen LogP contribution in [0.4, 0.5) is 0 Å². The van der Waals surface area contributed by atoms with Gasteiger partial charge in [0, 0.05) is 6.92 Å². The summed E-state index contributed by atoms with van der Waals surface area (Å²) >= 11 is 1.74. The summed E-state index contributed by atoms with van der Waals surface area (Å²) in [5.74, 6) is 0. The molecule has 0 saturated heterocycles. The fourth-order valence-corrected chi connectivity index (χ4v) is 0.757. The summed E-state index contributed by atoms with van der Waals surface area (Å²) in [4.78, 5) is 3.39. The lowest BCUT2D eigenvalue weighted by atomic mass is 10.3. The van der Waals surface area contributed by atoms with E-state index in [9.17, 15) is 0 Å². The van der Waals surface area contributed by atoms with Crippen LogP contribution in [-0.2, 0) is 0 Å². The van der Waals surface area contributed by atoms with Crippen molar-refractivity contribution in [2.24, 2.45) is 0 Å². The average molecular weight is 129 g/mol. The maximum atomic E-state index is 6.65. The maximum absolute atomic E-state index is 6.65. The SMILES string of the molecule is [C-]#[N+]C(C)C(C)SC. The molecule has 0 radical (unpaired) electrons. The Morgan fingerprint density at radius 3 is 2.12 bits per heavy atom. The largest absolute Gasteiger partial charge is 0.313 e. The van der Waals surface area contributed by atoms with Crippen molar-refractivity contribution in [2.45, 2.75) is 25.1 Å². The monoisotopic (exact) mass is 129 g/mol. The third kappa shape index (κ3) is 2.23. The third-order valence-corrected chi connectivity index (χ3v) is 2.39. The molecular weight excluding hydrogens is 118 g/mol. The lowest BCUT2D eigenvalue weighted by Crippen LogP contribution is -2.10. The summed E-state index contributed by atoms with van der Waals surface area (Å²) in [6.45, 7) is 10.7. The second-order valence-corrected chi connectivity index (χ2v) is 3.03. The van der Waals surface area contributed by atoms with Crippen LogP contribution in [-0.4, -0.2) is 17.5 Å². The zero-order valence-electron chi connectivity index (χ0n) is 5.51. The second-order valence-electron chi connectivity index (χ2n) is 1.81. The molecule has 1 nitrogen and oxygen atoms in total. The molecule has 0 spiro atoms. The van der Waals surface area contributed by atoms with Crippen molar-refractivity contribution < 1.29 is 0 Å². The Labute approximate surface area is 55.3 Å². The standard InChI is InChI=1S/C6H11NS/c1-5(7-3)6(2)8-4/h5-6H,1-2,4H3. The van der Waals surface area contributed by atoms with Gasteiger partial charge in [0.05, 0.1) is 5.25 Å². The van der Waals surface area contributed by atoms with E-state index in [1.54, 1.807) is 11.8 Å². The highest BCUT2D eigenvalue weighted by molar-refractivity contribution is 7.99. The highest BCUT2D eigenvalue weighted by Crippen LogP contribution is 2.11. The van der Waals surface area contributed by atoms with E-state index < -0.39 is 0 Å². The van der Waals surface area contributed by atoms with Crippen LogP contribution >= 0.6 is 11.8 Å². The first-order valence-corrected chi connectivity index (χ1v) is 3.90. The Bertz CT molecular complexity index is 95.2. The molecule has 8 heavy (non-hydrogen) atoms. The topological polar surface area (TPSA) is 4.36 Å². The van der Waals surface area contributed by atoms with Gasteiger partial charge in [-0.1, -0.05) is 0 Å². The molecule has 0 aromatic heterocycles. The Balaban J connectivity index is 3.49. The molecule has 0 saturated carbocycles. The molecule has 2 atom stereocenters. The molecule has 0 aliphatic rings. The van der Waals surface area contributed by atoms with Crippen molar-refractivity contribution >= 4 is 11.8 Å². The average Bonchev–Trinajstić information content (AvgIpc) is 1.84. The van der Waals surface area contributed by atoms with Gasteiger partial charge in [0.15, 0.2) is 0 Å². The third-order valence-electron chi connectivity index (χ3n) is 1.25. The lowest BCUT2D eigenvalue weighted by Gasteiger charge is -2.03. The molecule has 0 heterocycles. The van der Waals surface area contributed by atoms with Crippen molar-refractivity contribution in [2.75, 3.05) is 6.26 Å². The van der Waals surface area contributed by atoms with Gasteiger partial charge < -0.3 is 4.85 Å². The van der Waals surface area contributed by atoms with E-state index in [1.807, 2.05) is 13.2 Å². The Kier molecular flexibility index (Phi) is 3.72. The first kappa shape index (κ1) is 7.84. The molecule has 0 rings (SSSR count). The van der Waals surface area contributed by atoms with Crippen molar-refractivity contribution in [3.8, 4) is 0 Å². The van der Waals surface area contributed by atoms with Gasteiger partial charge in [-0.3, -0.25) is 0 Å². The number of hydrogen-bond donors (Lipinski definition) is 0. The van der Waals surface area contributed by atoms with E-state index in [1.165, 1.54) is 0 Å². The van der Waals surface area contributed by atoms with Gasteiger partial charge >= 0.3 is 0 Å². The first-order chi connectivity index (χ1) is 3.72. The zero-order valence-corrected chi connectivity index (χ0v) is 6.33. The molecule has 2 unspecified atom stereocenters. The molecule has 0 aromatic carbocycles. The van der Waals surface area contributed by atoms with Crippen molar-refractivity contribution in [1.82, 2.24) is 0 Å². The van der Waals surface area contributed by atoms with Crippen molar-refractivity contribution in [3.63, 3.8) is 0 Å². The van der Waals surface area contributed by atoms with Crippen LogP contribution < -0.4 is 0 Å². The smallest absolute Gasteiger partial charge is 0.232 e. The minimum Gasteiger partial charge on any atom is -0.313 e. The van der Waals surface area contributed by atoms with Gasteiger partial charge in [-0.2, -0.15) is 11.8 Å². The van der Waals surface area contributed by atoms with E-state index in [0.717, 1.165) is 0 Å². The van der Waals surface area contributed by atoms with E-state index in [4.69, 9.17) is 6.57 Å². The van der Waals surface area contributed by atoms with Gasteiger partial charge in [-0.05, 0) is 13.2 Å². The molecule has 46 valence electrons. The Morgan fingerprint density at radius 2 is 2.00 bits per heavy atom. The summed E-state index contributed by atoms with van der Waals surface area (Å²) in [6.07, 6.45) is 2.03. The van der Waals surface area contributed by atoms with E-state index in [0.29, 0.717) is 5.25 Å². The lowest BCUT2D eigenvalue weighted by molar-refractivity contribution is 0.835. The zero-order chi connectivity index (χ0) is 6.57. The minimum absolute atomic E-state index is 0.171. The van der Waals surface area contributed by atoms with E-state index >= 15 is 0 Å². The van der Waals surface area contributed by atoms with Crippen LogP contribution in [0.15, 0.2) is 0 Å². The second kappa shape index (κ2) is 3.80. The summed E-state index contributed by atoms with van der Waals surface area (Å²) in [7, 11) is 0. The molecule has 0 aliphatic carbocycles. The normalized spacial score (nSPS) is 16.8. The number of hydrogen-bond acceptors (Lipinski definition) is 1. The molecule has 0 aromatic rings. The maximum Gasteiger partial charge on any atom is 0.232 e. The number of rotatable bonds is 2. The molecular formula is C6H11NS. The fourth-order valence-electron chi connectivity index (χ4n) is 0.302. The van der Waals surface area contributed by atoms with Gasteiger partial charge in [0.2, 0.25) is 6.04 Å². The van der Waals surface area contributed by atoms with Crippen LogP contribution in [0.5, 0.6) is 0 Å². The molecule has 0 aliphatic heterocycles. The summed E-state index contributed by atoms with van der Waals surface area (Å²) in [5, 5.41) is 0.479. The van der Waals surface area contributed by atoms with E-state index in [2.05, 4.69) is 11.8 Å². The molecule has 0 N–H and O–H groups in total. The van der Waals surface area contributed by atoms with Gasteiger partial charge in [0.1, 0.15) is 0 Å². The number of nitrogens with zero attached hydrogens (tertiary/aromatic N) is 1. The van der Waals surface area contributed by atoms with Crippen LogP contribution in [0.1, 0.15) is 13.8 Å². The first-order valence-electron chi connectivity index (χ1n) is 2.61. The van der Waals surface area contributed by atoms with Crippen LogP contribution in [0.3, 0.4) is 0 Å². The predicted octanol–water partition coefficient (Wildman–Crippen LogP) is 2.05. The Morgan fingerprint density at radius 1 is 1.50 bits per heavy atom. The fraction of sp³-hybridized carbons (Fsp3) is 0.833. The highest BCUT2D eigenvalue weighted by Gasteiger charge is 2.12. The quantitative estimate of drug-likeness (QED) is 0.516. The molecule has 2 heteroatoms. The van der Waals surface area contributed by atoms with Crippen LogP contribution in [0, 0.1) is 6.57 Å². The molecule has 0 bridgehead atoms. The van der Waals surface area contributed by atoms with Crippen LogP contribution in [0.25, 0.3) is 4.85 Å². The van der Waals surface area contributed by atoms with Gasteiger partial charge in [-0.25, -0.2) is 6.57 Å². The van der Waals surface area contributed by atoms with E-state index in [-0.39, 0.29) is 6.04 Å². The Hall–Kier alpha value is -0.160. The summed E-state index contributed by atoms with van der Waals surface area (Å²) < 4.78 is 0. The van der Waals surface area contributed by atoms with Crippen molar-refractivity contribution in [3.05, 3.63) is 11.4 Å².